The van der Waals surface area contributed by atoms with Crippen LogP contribution in [-0.4, -0.2) is 58.3 Å². The summed E-state index contributed by atoms with van der Waals surface area (Å²) in [5.41, 5.74) is 3.60. The Balaban J connectivity index is 0.00000417. The Hall–Kier alpha value is -4.18. The zero-order valence-corrected chi connectivity index (χ0v) is 25.5. The van der Waals surface area contributed by atoms with E-state index in [1.807, 2.05) is 60.7 Å². The fraction of sp³-hybridized carbons (Fsp3) is 0.0857. The third-order valence-electron chi connectivity index (χ3n) is 6.74. The van der Waals surface area contributed by atoms with Crippen molar-refractivity contribution in [3.8, 4) is 17.2 Å². The number of fused-ring (bicyclic) bond motifs is 2. The minimum atomic E-state index is -0.683. The van der Waals surface area contributed by atoms with Crippen LogP contribution in [0.2, 0.25) is 10.0 Å². The Kier molecular flexibility index (Phi) is 11.1. The van der Waals surface area contributed by atoms with Crippen LogP contribution in [0.25, 0.3) is 21.8 Å². The van der Waals surface area contributed by atoms with E-state index in [2.05, 4.69) is 15.1 Å². The van der Waals surface area contributed by atoms with E-state index in [1.54, 1.807) is 48.5 Å². The standard InChI is InChI=1S/C35H25Cl2N3O5.Na.H/c1-42-40-34(24-6-12-29(13-7-24)43-20-27-10-4-22-2-8-25(36)18-32(22)38-27)35(41)45-31-16-14-30(15-17-31)44-21-28-11-5-23-3-9-26(37)19-33(23)39-28;;/h2-19H,20-21H2,1H3;;. The number of pyridine rings is 2. The molecule has 0 saturated heterocycles. The molecule has 46 heavy (non-hydrogen) atoms. The van der Waals surface area contributed by atoms with Gasteiger partial charge in [0.15, 0.2) is 5.71 Å². The molecule has 2 aromatic heterocycles. The average Bonchev–Trinajstić information content (AvgIpc) is 3.05. The van der Waals surface area contributed by atoms with Gasteiger partial charge < -0.3 is 19.0 Å². The molecule has 0 bridgehead atoms. The van der Waals surface area contributed by atoms with Crippen LogP contribution in [0.3, 0.4) is 0 Å². The number of halogens is 2. The van der Waals surface area contributed by atoms with Crippen molar-refractivity contribution in [2.45, 2.75) is 13.2 Å². The number of rotatable bonds is 10. The quantitative estimate of drug-likeness (QED) is 0.0492. The van der Waals surface area contributed by atoms with Crippen LogP contribution in [-0.2, 0) is 22.8 Å². The zero-order valence-electron chi connectivity index (χ0n) is 23.9. The van der Waals surface area contributed by atoms with E-state index in [0.717, 1.165) is 33.2 Å². The predicted octanol–water partition coefficient (Wildman–Crippen LogP) is 7.56. The monoisotopic (exact) mass is 661 g/mol. The predicted molar refractivity (Wildman–Crippen MR) is 181 cm³/mol. The number of benzene rings is 4. The molecule has 0 fully saturated rings. The molecule has 0 spiro atoms. The van der Waals surface area contributed by atoms with Crippen molar-refractivity contribution in [2.75, 3.05) is 7.11 Å². The molecule has 6 aromatic rings. The van der Waals surface area contributed by atoms with E-state index in [9.17, 15) is 4.79 Å². The molecule has 0 unspecified atom stereocenters. The van der Waals surface area contributed by atoms with Crippen LogP contribution < -0.4 is 14.2 Å². The second kappa shape index (κ2) is 15.4. The average molecular weight is 663 g/mol. The van der Waals surface area contributed by atoms with Gasteiger partial charge in [-0.25, -0.2) is 14.8 Å². The molecule has 0 aliphatic rings. The van der Waals surface area contributed by atoms with E-state index in [0.29, 0.717) is 32.9 Å². The molecule has 8 nitrogen and oxygen atoms in total. The van der Waals surface area contributed by atoms with Gasteiger partial charge in [0.2, 0.25) is 0 Å². The van der Waals surface area contributed by atoms with Crippen molar-refractivity contribution in [3.05, 3.63) is 136 Å². The van der Waals surface area contributed by atoms with Crippen molar-refractivity contribution in [1.29, 1.82) is 0 Å². The number of aromatic nitrogens is 2. The molecule has 0 amide bonds. The first-order valence-corrected chi connectivity index (χ1v) is 14.6. The van der Waals surface area contributed by atoms with E-state index >= 15 is 0 Å². The normalized spacial score (nSPS) is 11.2. The SMILES string of the molecule is CON=C(C(=O)Oc1ccc(OCc2ccc3ccc(Cl)cc3n2)cc1)c1ccc(OCc2ccc3ccc(Cl)cc3n2)cc1.[NaH]. The number of hydrogen-bond acceptors (Lipinski definition) is 8. The Labute approximate surface area is 297 Å². The molecule has 0 aliphatic heterocycles. The van der Waals surface area contributed by atoms with Gasteiger partial charge in [0.05, 0.1) is 22.4 Å². The van der Waals surface area contributed by atoms with Crippen LogP contribution >= 0.6 is 23.2 Å². The molecule has 0 saturated carbocycles. The Morgan fingerprint density at radius 2 is 1.11 bits per heavy atom. The van der Waals surface area contributed by atoms with Gasteiger partial charge in [-0.3, -0.25) is 0 Å². The minimum absolute atomic E-state index is 0. The number of hydrogen-bond donors (Lipinski definition) is 0. The first kappa shape index (κ1) is 33.2. The summed E-state index contributed by atoms with van der Waals surface area (Å²) in [5, 5.41) is 7.14. The molecule has 6 rings (SSSR count). The van der Waals surface area contributed by atoms with Crippen molar-refractivity contribution in [3.63, 3.8) is 0 Å². The molecule has 0 aliphatic carbocycles. The number of esters is 1. The third-order valence-corrected chi connectivity index (χ3v) is 7.21. The molecular weight excluding hydrogens is 636 g/mol. The van der Waals surface area contributed by atoms with Crippen molar-refractivity contribution in [1.82, 2.24) is 9.97 Å². The fourth-order valence-corrected chi connectivity index (χ4v) is 4.84. The van der Waals surface area contributed by atoms with Crippen molar-refractivity contribution < 1.29 is 23.8 Å². The molecule has 11 heteroatoms. The summed E-state index contributed by atoms with van der Waals surface area (Å²) in [6.45, 7) is 0.524. The van der Waals surface area contributed by atoms with E-state index in [1.165, 1.54) is 7.11 Å². The van der Waals surface area contributed by atoms with E-state index in [4.69, 9.17) is 42.3 Å². The van der Waals surface area contributed by atoms with Gasteiger partial charge in [-0.05, 0) is 84.9 Å². The second-order valence-electron chi connectivity index (χ2n) is 9.86. The number of ether oxygens (including phenoxy) is 3. The summed E-state index contributed by atoms with van der Waals surface area (Å²) < 4.78 is 17.3. The van der Waals surface area contributed by atoms with Gasteiger partial charge in [-0.15, -0.1) is 0 Å². The Morgan fingerprint density at radius 3 is 1.61 bits per heavy atom. The van der Waals surface area contributed by atoms with Gasteiger partial charge in [-0.2, -0.15) is 0 Å². The zero-order chi connectivity index (χ0) is 31.2. The molecule has 0 radical (unpaired) electrons. The topological polar surface area (TPSA) is 92.1 Å². The summed E-state index contributed by atoms with van der Waals surface area (Å²) in [5.74, 6) is 0.818. The van der Waals surface area contributed by atoms with Gasteiger partial charge in [-0.1, -0.05) is 52.6 Å². The molecular formula is C35H26Cl2N3NaO5. The summed E-state index contributed by atoms with van der Waals surface area (Å²) in [4.78, 5) is 27.2. The van der Waals surface area contributed by atoms with Crippen LogP contribution in [0.15, 0.2) is 114 Å². The maximum absolute atomic E-state index is 13.0. The first-order valence-electron chi connectivity index (χ1n) is 13.8. The fourth-order valence-electron chi connectivity index (χ4n) is 4.51. The maximum atomic E-state index is 13.0. The Morgan fingerprint density at radius 1 is 0.652 bits per heavy atom. The number of oxime groups is 1. The van der Waals surface area contributed by atoms with Crippen LogP contribution in [0, 0.1) is 0 Å². The van der Waals surface area contributed by atoms with E-state index in [-0.39, 0.29) is 48.5 Å². The molecule has 0 atom stereocenters. The third kappa shape index (κ3) is 8.34. The van der Waals surface area contributed by atoms with Crippen LogP contribution in [0.1, 0.15) is 17.0 Å². The first-order chi connectivity index (χ1) is 21.9. The van der Waals surface area contributed by atoms with E-state index < -0.39 is 5.97 Å². The van der Waals surface area contributed by atoms with Gasteiger partial charge in [0.1, 0.15) is 37.6 Å². The summed E-state index contributed by atoms with van der Waals surface area (Å²) in [6.07, 6.45) is 0. The number of carbonyl (C=O) groups is 1. The summed E-state index contributed by atoms with van der Waals surface area (Å²) in [6, 6.07) is 32.4. The molecule has 4 aromatic carbocycles. The molecule has 0 N–H and O–H groups in total. The van der Waals surface area contributed by atoms with Gasteiger partial charge >= 0.3 is 35.5 Å². The van der Waals surface area contributed by atoms with Gasteiger partial charge in [0.25, 0.3) is 0 Å². The summed E-state index contributed by atoms with van der Waals surface area (Å²) in [7, 11) is 1.36. The number of carbonyl (C=O) groups excluding carboxylic acids is 1. The van der Waals surface area contributed by atoms with Crippen molar-refractivity contribution >= 4 is 86.2 Å². The Bertz CT molecular complexity index is 2020. The van der Waals surface area contributed by atoms with Crippen LogP contribution in [0.5, 0.6) is 17.2 Å². The van der Waals surface area contributed by atoms with Crippen LogP contribution in [0.4, 0.5) is 0 Å². The molecule has 2 heterocycles. The van der Waals surface area contributed by atoms with Crippen molar-refractivity contribution in [2.24, 2.45) is 5.16 Å². The second-order valence-corrected chi connectivity index (χ2v) is 10.7. The molecule has 226 valence electrons. The van der Waals surface area contributed by atoms with Gasteiger partial charge in [0, 0.05) is 26.4 Å². The number of nitrogens with zero attached hydrogens (tertiary/aromatic N) is 3. The summed E-state index contributed by atoms with van der Waals surface area (Å²) >= 11 is 12.2.